The minimum absolute atomic E-state index is 0.136. The van der Waals surface area contributed by atoms with Crippen LogP contribution in [0.15, 0.2) is 18.2 Å². The molecule has 1 heterocycles. The van der Waals surface area contributed by atoms with Crippen molar-refractivity contribution in [2.24, 2.45) is 0 Å². The third-order valence-electron chi connectivity index (χ3n) is 3.27. The number of halogens is 3. The van der Waals surface area contributed by atoms with Gasteiger partial charge in [-0.1, -0.05) is 22.0 Å². The maximum atomic E-state index is 14.3. The summed E-state index contributed by atoms with van der Waals surface area (Å²) in [6, 6.07) is 2.29. The molecule has 1 aromatic rings. The van der Waals surface area contributed by atoms with Gasteiger partial charge in [0.15, 0.2) is 0 Å². The fourth-order valence-corrected chi connectivity index (χ4v) is 2.97. The Labute approximate surface area is 140 Å². The van der Waals surface area contributed by atoms with E-state index >= 15 is 0 Å². The lowest BCUT2D eigenvalue weighted by molar-refractivity contribution is -0.127. The summed E-state index contributed by atoms with van der Waals surface area (Å²) in [4.78, 5) is 13.2. The highest BCUT2D eigenvalue weighted by atomic mass is 79.9. The summed E-state index contributed by atoms with van der Waals surface area (Å²) in [5.41, 5.74) is 0.0840. The van der Waals surface area contributed by atoms with E-state index in [-0.39, 0.29) is 27.7 Å². The fraction of sp³-hybridized carbons (Fsp3) is 0.400. The van der Waals surface area contributed by atoms with E-state index in [2.05, 4.69) is 15.9 Å². The van der Waals surface area contributed by atoms with Crippen LogP contribution in [-0.4, -0.2) is 34.4 Å². The van der Waals surface area contributed by atoms with Crippen molar-refractivity contribution in [2.45, 2.75) is 18.2 Å². The van der Waals surface area contributed by atoms with Crippen molar-refractivity contribution in [1.29, 1.82) is 0 Å². The van der Waals surface area contributed by atoms with Crippen LogP contribution in [0, 0.1) is 11.6 Å². The molecule has 1 aromatic carbocycles. The smallest absolute Gasteiger partial charge is 0.241 e. The summed E-state index contributed by atoms with van der Waals surface area (Å²) in [6.07, 6.45) is 3.90. The molecule has 0 saturated carbocycles. The van der Waals surface area contributed by atoms with Gasteiger partial charge in [-0.05, 0) is 19.6 Å². The number of allylic oxidation sites excluding steroid dienone is 1. The normalized spacial score (nSPS) is 18.4. The molecule has 1 amide bonds. The van der Waals surface area contributed by atoms with Gasteiger partial charge in [0.25, 0.3) is 0 Å². The first-order valence-electron chi connectivity index (χ1n) is 6.76. The third-order valence-corrected chi connectivity index (χ3v) is 4.39. The predicted octanol–water partition coefficient (Wildman–Crippen LogP) is 4.02. The summed E-state index contributed by atoms with van der Waals surface area (Å²) in [7, 11) is 0. The topological polar surface area (TPSA) is 29.5 Å². The molecule has 0 N–H and O–H groups in total. The maximum Gasteiger partial charge on any atom is 0.241 e. The van der Waals surface area contributed by atoms with Crippen molar-refractivity contribution in [2.75, 3.05) is 18.7 Å². The molecule has 120 valence electrons. The number of alkyl halides is 1. The number of hydrogen-bond acceptors (Lipinski definition) is 3. The van der Waals surface area contributed by atoms with Gasteiger partial charge in [0.1, 0.15) is 23.3 Å². The SMILES string of the molecule is CCN1C(=O)C(Br)CC=C1c1c(F)cc(OCSC)cc1F. The average molecular weight is 392 g/mol. The molecule has 1 aliphatic rings. The first-order valence-corrected chi connectivity index (χ1v) is 9.07. The molecular weight excluding hydrogens is 376 g/mol. The molecule has 0 fully saturated rings. The van der Waals surface area contributed by atoms with Gasteiger partial charge in [0.2, 0.25) is 5.91 Å². The number of amides is 1. The molecule has 3 nitrogen and oxygen atoms in total. The number of hydrogen-bond donors (Lipinski definition) is 0. The molecule has 0 radical (unpaired) electrons. The van der Waals surface area contributed by atoms with Crippen molar-refractivity contribution in [1.82, 2.24) is 4.90 Å². The number of carbonyl (C=O) groups is 1. The second-order valence-corrected chi connectivity index (χ2v) is 6.61. The van der Waals surface area contributed by atoms with E-state index in [1.54, 1.807) is 13.0 Å². The Bertz CT molecular complexity index is 586. The zero-order chi connectivity index (χ0) is 16.3. The maximum absolute atomic E-state index is 14.3. The quantitative estimate of drug-likeness (QED) is 0.560. The van der Waals surface area contributed by atoms with Crippen LogP contribution in [0.5, 0.6) is 5.75 Å². The average Bonchev–Trinajstić information content (AvgIpc) is 2.48. The second-order valence-electron chi connectivity index (χ2n) is 4.69. The van der Waals surface area contributed by atoms with Gasteiger partial charge in [0.05, 0.1) is 16.1 Å². The molecule has 0 bridgehead atoms. The van der Waals surface area contributed by atoms with Gasteiger partial charge in [0, 0.05) is 18.7 Å². The molecule has 1 unspecified atom stereocenters. The molecule has 0 aromatic heterocycles. The van der Waals surface area contributed by atoms with Crippen LogP contribution in [0.25, 0.3) is 5.70 Å². The second kappa shape index (κ2) is 7.46. The van der Waals surface area contributed by atoms with Crippen molar-refractivity contribution in [3.8, 4) is 5.75 Å². The lowest BCUT2D eigenvalue weighted by Crippen LogP contribution is -2.38. The number of thioether (sulfide) groups is 1. The predicted molar refractivity (Wildman–Crippen MR) is 88.1 cm³/mol. The largest absolute Gasteiger partial charge is 0.483 e. The summed E-state index contributed by atoms with van der Waals surface area (Å²) >= 11 is 4.67. The van der Waals surface area contributed by atoms with Crippen LogP contribution in [0.2, 0.25) is 0 Å². The van der Waals surface area contributed by atoms with Crippen molar-refractivity contribution < 1.29 is 18.3 Å². The Balaban J connectivity index is 2.41. The van der Waals surface area contributed by atoms with Crippen molar-refractivity contribution in [3.63, 3.8) is 0 Å². The van der Waals surface area contributed by atoms with Gasteiger partial charge >= 0.3 is 0 Å². The van der Waals surface area contributed by atoms with Crippen LogP contribution in [0.1, 0.15) is 18.9 Å². The van der Waals surface area contributed by atoms with E-state index < -0.39 is 11.6 Å². The first kappa shape index (κ1) is 17.3. The van der Waals surface area contributed by atoms with Gasteiger partial charge in [-0.15, -0.1) is 11.8 Å². The molecule has 1 atom stereocenters. The van der Waals surface area contributed by atoms with Crippen molar-refractivity contribution in [3.05, 3.63) is 35.4 Å². The molecule has 7 heteroatoms. The zero-order valence-electron chi connectivity index (χ0n) is 12.2. The van der Waals surface area contributed by atoms with Crippen molar-refractivity contribution >= 4 is 39.3 Å². The summed E-state index contributed by atoms with van der Waals surface area (Å²) in [6.45, 7) is 2.11. The Morgan fingerprint density at radius 1 is 1.41 bits per heavy atom. The van der Waals surface area contributed by atoms with Gasteiger partial charge in [-0.25, -0.2) is 8.78 Å². The van der Waals surface area contributed by atoms with Gasteiger partial charge in [-0.2, -0.15) is 0 Å². The van der Waals surface area contributed by atoms with E-state index in [9.17, 15) is 13.6 Å². The highest BCUT2D eigenvalue weighted by Gasteiger charge is 2.31. The van der Waals surface area contributed by atoms with E-state index in [1.807, 2.05) is 6.26 Å². The van der Waals surface area contributed by atoms with Crippen LogP contribution >= 0.6 is 27.7 Å². The number of carbonyl (C=O) groups excluding carboxylic acids is 1. The number of nitrogens with zero attached hydrogens (tertiary/aromatic N) is 1. The lowest BCUT2D eigenvalue weighted by Gasteiger charge is -2.30. The van der Waals surface area contributed by atoms with E-state index in [1.165, 1.54) is 16.7 Å². The standard InChI is InChI=1S/C15H16BrF2NO2S/c1-3-19-13(5-4-10(16)15(19)20)14-11(17)6-9(7-12(14)18)21-8-22-2/h5-7,10H,3-4,8H2,1-2H3. The lowest BCUT2D eigenvalue weighted by atomic mass is 10.0. The Morgan fingerprint density at radius 3 is 2.59 bits per heavy atom. The van der Waals surface area contributed by atoms with Crippen LogP contribution < -0.4 is 4.74 Å². The minimum Gasteiger partial charge on any atom is -0.483 e. The molecule has 22 heavy (non-hydrogen) atoms. The zero-order valence-corrected chi connectivity index (χ0v) is 14.6. The molecule has 0 aliphatic carbocycles. The monoisotopic (exact) mass is 391 g/mol. The Hall–Kier alpha value is -1.08. The van der Waals surface area contributed by atoms with Gasteiger partial charge < -0.3 is 9.64 Å². The van der Waals surface area contributed by atoms with Gasteiger partial charge in [-0.3, -0.25) is 4.79 Å². The molecule has 0 saturated heterocycles. The first-order chi connectivity index (χ1) is 10.5. The summed E-state index contributed by atoms with van der Waals surface area (Å²) < 4.78 is 33.9. The van der Waals surface area contributed by atoms with E-state index in [4.69, 9.17) is 4.74 Å². The molecular formula is C15H16BrF2NO2S. The highest BCUT2D eigenvalue weighted by molar-refractivity contribution is 9.10. The van der Waals surface area contributed by atoms with Crippen LogP contribution in [0.4, 0.5) is 8.78 Å². The minimum atomic E-state index is -0.735. The number of benzene rings is 1. The highest BCUT2D eigenvalue weighted by Crippen LogP contribution is 2.33. The number of ether oxygens (including phenoxy) is 1. The number of rotatable bonds is 5. The van der Waals surface area contributed by atoms with E-state index in [0.29, 0.717) is 18.9 Å². The third kappa shape index (κ3) is 3.46. The molecule has 0 spiro atoms. The Morgan fingerprint density at radius 2 is 2.05 bits per heavy atom. The van der Waals surface area contributed by atoms with Crippen LogP contribution in [-0.2, 0) is 4.79 Å². The Kier molecular flexibility index (Phi) is 5.86. The van der Waals surface area contributed by atoms with E-state index in [0.717, 1.165) is 12.1 Å². The fourth-order valence-electron chi connectivity index (χ4n) is 2.28. The summed E-state index contributed by atoms with van der Waals surface area (Å²) in [5.74, 6) is -1.21. The van der Waals surface area contributed by atoms with Crippen LogP contribution in [0.3, 0.4) is 0 Å². The molecule has 2 rings (SSSR count). The summed E-state index contributed by atoms with van der Waals surface area (Å²) in [5, 5.41) is 0. The molecule has 1 aliphatic heterocycles.